The van der Waals surface area contributed by atoms with Crippen LogP contribution in [0.2, 0.25) is 0 Å². The summed E-state index contributed by atoms with van der Waals surface area (Å²) >= 11 is 0. The minimum atomic E-state index is 0.574. The summed E-state index contributed by atoms with van der Waals surface area (Å²) in [5.41, 5.74) is 5.71. The van der Waals surface area contributed by atoms with Crippen molar-refractivity contribution in [2.24, 2.45) is 0 Å². The molecule has 8 aromatic carbocycles. The maximum atomic E-state index is 6.60. The molecule has 0 aliphatic carbocycles. The van der Waals surface area contributed by atoms with Gasteiger partial charge in [0, 0.05) is 38.1 Å². The van der Waals surface area contributed by atoms with Gasteiger partial charge in [-0.25, -0.2) is 4.98 Å². The molecule has 0 spiro atoms. The fourth-order valence-electron chi connectivity index (χ4n) is 7.77. The third-order valence-corrected chi connectivity index (χ3v) is 9.77. The Labute approximate surface area is 273 Å². The molecule has 3 heterocycles. The second-order valence-electron chi connectivity index (χ2n) is 12.4. The molecule has 11 aromatic rings. The van der Waals surface area contributed by atoms with E-state index < -0.39 is 0 Å². The minimum absolute atomic E-state index is 0.574. The quantitative estimate of drug-likeness (QED) is 0.199. The largest absolute Gasteiger partial charge is 0.456 e. The van der Waals surface area contributed by atoms with Crippen molar-refractivity contribution >= 4 is 76.1 Å². The summed E-state index contributed by atoms with van der Waals surface area (Å²) in [6, 6.07) is 50.7. The van der Waals surface area contributed by atoms with E-state index in [1.54, 1.807) is 0 Å². The van der Waals surface area contributed by atoms with Crippen molar-refractivity contribution in [2.75, 3.05) is 0 Å². The maximum absolute atomic E-state index is 6.60. The molecule has 0 aliphatic heterocycles. The lowest BCUT2D eigenvalue weighted by molar-refractivity contribution is 0.669. The normalized spacial score (nSPS) is 12.2. The van der Waals surface area contributed by atoms with Crippen LogP contribution >= 0.6 is 0 Å². The van der Waals surface area contributed by atoms with E-state index in [1.165, 1.54) is 26.9 Å². The Morgan fingerprint density at radius 1 is 0.417 bits per heavy atom. The Morgan fingerprint density at radius 2 is 1.02 bits per heavy atom. The van der Waals surface area contributed by atoms with Gasteiger partial charge >= 0.3 is 0 Å². The van der Waals surface area contributed by atoms with E-state index in [2.05, 4.69) is 114 Å². The average molecular weight is 613 g/mol. The molecule has 0 N–H and O–H groups in total. The topological polar surface area (TPSA) is 56.7 Å². The van der Waals surface area contributed by atoms with Crippen LogP contribution in [0.25, 0.3) is 105 Å². The molecule has 0 saturated heterocycles. The maximum Gasteiger partial charge on any atom is 0.238 e. The van der Waals surface area contributed by atoms with Crippen molar-refractivity contribution in [2.45, 2.75) is 0 Å². The predicted molar refractivity (Wildman–Crippen MR) is 196 cm³/mol. The fourth-order valence-corrected chi connectivity index (χ4v) is 7.77. The lowest BCUT2D eigenvalue weighted by Gasteiger charge is -2.12. The Hall–Kier alpha value is -6.59. The first-order valence-electron chi connectivity index (χ1n) is 16.1. The van der Waals surface area contributed by atoms with Crippen LogP contribution in [0.1, 0.15) is 0 Å². The Morgan fingerprint density at radius 3 is 1.75 bits per heavy atom. The van der Waals surface area contributed by atoms with Crippen LogP contribution in [-0.4, -0.2) is 19.5 Å². The van der Waals surface area contributed by atoms with Gasteiger partial charge in [-0.1, -0.05) is 121 Å². The Bertz CT molecular complexity index is 2990. The molecular weight excluding hydrogens is 589 g/mol. The highest BCUT2D eigenvalue weighted by Gasteiger charge is 2.26. The minimum Gasteiger partial charge on any atom is -0.456 e. The number of hydrogen-bond donors (Lipinski definition) is 0. The van der Waals surface area contributed by atoms with Gasteiger partial charge in [-0.15, -0.1) is 0 Å². The van der Waals surface area contributed by atoms with Gasteiger partial charge in [0.05, 0.1) is 11.0 Å². The number of hydrogen-bond acceptors (Lipinski definition) is 4. The van der Waals surface area contributed by atoms with Crippen molar-refractivity contribution in [1.29, 1.82) is 0 Å². The van der Waals surface area contributed by atoms with Gasteiger partial charge in [-0.2, -0.15) is 9.97 Å². The van der Waals surface area contributed by atoms with Gasteiger partial charge in [0.1, 0.15) is 11.2 Å². The van der Waals surface area contributed by atoms with E-state index in [0.717, 1.165) is 60.3 Å². The average Bonchev–Trinajstić information content (AvgIpc) is 3.71. The third kappa shape index (κ3) is 3.42. The van der Waals surface area contributed by atoms with Crippen LogP contribution in [0.3, 0.4) is 0 Å². The molecule has 0 unspecified atom stereocenters. The third-order valence-electron chi connectivity index (χ3n) is 9.77. The second kappa shape index (κ2) is 9.47. The number of nitrogens with zero attached hydrogens (tertiary/aromatic N) is 4. The first kappa shape index (κ1) is 25.6. The highest BCUT2D eigenvalue weighted by Crippen LogP contribution is 2.48. The monoisotopic (exact) mass is 612 g/mol. The van der Waals surface area contributed by atoms with E-state index >= 15 is 0 Å². The molecule has 0 bridgehead atoms. The number of benzene rings is 7. The zero-order valence-electron chi connectivity index (χ0n) is 25.6. The number of rotatable bonds is 3. The highest BCUT2D eigenvalue weighted by molar-refractivity contribution is 6.40. The molecule has 0 atom stereocenters. The fraction of sp³-hybridized carbons (Fsp3) is 0. The molecule has 5 nitrogen and oxygen atoms in total. The van der Waals surface area contributed by atoms with Crippen molar-refractivity contribution in [1.82, 2.24) is 19.5 Å². The van der Waals surface area contributed by atoms with Crippen molar-refractivity contribution in [3.63, 3.8) is 0 Å². The van der Waals surface area contributed by atoms with Crippen molar-refractivity contribution in [3.05, 3.63) is 146 Å². The number of aromatic nitrogens is 4. The van der Waals surface area contributed by atoms with Gasteiger partial charge in [0.25, 0.3) is 0 Å². The van der Waals surface area contributed by atoms with Gasteiger partial charge in [-0.05, 0) is 51.2 Å². The summed E-state index contributed by atoms with van der Waals surface area (Å²) in [6.07, 6.45) is 0. The van der Waals surface area contributed by atoms with E-state index in [1.807, 2.05) is 36.4 Å². The molecule has 0 radical (unpaired) electrons. The van der Waals surface area contributed by atoms with Gasteiger partial charge in [-0.3, -0.25) is 4.57 Å². The van der Waals surface area contributed by atoms with Crippen LogP contribution in [0.4, 0.5) is 0 Å². The summed E-state index contributed by atoms with van der Waals surface area (Å²) in [5.74, 6) is 1.83. The molecule has 0 saturated carbocycles. The lowest BCUT2D eigenvalue weighted by Crippen LogP contribution is -2.06. The van der Waals surface area contributed by atoms with E-state index in [-0.39, 0.29) is 0 Å². The van der Waals surface area contributed by atoms with Crippen LogP contribution in [0.5, 0.6) is 0 Å². The first-order chi connectivity index (χ1) is 23.8. The Balaban J connectivity index is 1.43. The van der Waals surface area contributed by atoms with Gasteiger partial charge in [0.2, 0.25) is 5.95 Å². The Kier molecular flexibility index (Phi) is 5.05. The molecule has 5 heteroatoms. The molecule has 3 aromatic heterocycles. The summed E-state index contributed by atoms with van der Waals surface area (Å²) in [4.78, 5) is 15.5. The summed E-state index contributed by atoms with van der Waals surface area (Å²) < 4.78 is 8.85. The number of fused-ring (bicyclic) bond motifs is 5. The van der Waals surface area contributed by atoms with E-state index in [0.29, 0.717) is 17.6 Å². The molecule has 0 aliphatic rings. The van der Waals surface area contributed by atoms with Gasteiger partial charge in [0.15, 0.2) is 11.6 Å². The predicted octanol–water partition coefficient (Wildman–Crippen LogP) is 11.1. The second-order valence-corrected chi connectivity index (χ2v) is 12.4. The molecular formula is C43H24N4O. The van der Waals surface area contributed by atoms with E-state index in [4.69, 9.17) is 19.4 Å². The molecule has 0 amide bonds. The molecule has 0 fully saturated rings. The summed E-state index contributed by atoms with van der Waals surface area (Å²) in [5, 5.41) is 11.6. The standard InChI is InChI=1S/C43H24N4O/c1-3-12-25(13-4-1)41-44-42(26-14-5-2-6-15-26)46-43(45-41)47-33-22-23-35-39-36-31(20-11-21-34(36)48-35)29-18-9-10-19-30(29)32-24-27-16-7-8-17-28(27)40(47)37(32)38(33)39/h1-24H. The first-order valence-corrected chi connectivity index (χ1v) is 16.1. The zero-order chi connectivity index (χ0) is 31.3. The van der Waals surface area contributed by atoms with Crippen LogP contribution in [0.15, 0.2) is 150 Å². The van der Waals surface area contributed by atoms with E-state index in [9.17, 15) is 0 Å². The summed E-state index contributed by atoms with van der Waals surface area (Å²) in [7, 11) is 0. The van der Waals surface area contributed by atoms with Crippen LogP contribution in [-0.2, 0) is 0 Å². The zero-order valence-corrected chi connectivity index (χ0v) is 25.6. The SMILES string of the molecule is c1ccc(-c2nc(-c3ccccc3)nc(-n3c4ccc5oc6cccc7c8ccccc8c8cc9ccccc9c3c8c4c5c67)n2)cc1. The van der Waals surface area contributed by atoms with Crippen molar-refractivity contribution in [3.8, 4) is 28.7 Å². The summed E-state index contributed by atoms with van der Waals surface area (Å²) in [6.45, 7) is 0. The smallest absolute Gasteiger partial charge is 0.238 e. The molecule has 11 rings (SSSR count). The van der Waals surface area contributed by atoms with Crippen LogP contribution in [0, 0.1) is 0 Å². The van der Waals surface area contributed by atoms with Crippen molar-refractivity contribution < 1.29 is 4.42 Å². The molecule has 48 heavy (non-hydrogen) atoms. The number of furan rings is 1. The van der Waals surface area contributed by atoms with Gasteiger partial charge < -0.3 is 4.42 Å². The highest BCUT2D eigenvalue weighted by atomic mass is 16.3. The van der Waals surface area contributed by atoms with Crippen LogP contribution < -0.4 is 0 Å². The lowest BCUT2D eigenvalue weighted by atomic mass is 9.93. The molecule has 222 valence electrons.